The lowest BCUT2D eigenvalue weighted by molar-refractivity contribution is -0.155. The third-order valence-electron chi connectivity index (χ3n) is 3.13. The molecule has 0 aliphatic heterocycles. The maximum absolute atomic E-state index is 12.3. The number of carbonyl (C=O) groups excluding carboxylic acids is 3. The Bertz CT molecular complexity index is 494. The number of carbonyl (C=O) groups is 3. The van der Waals surface area contributed by atoms with Crippen LogP contribution in [0.4, 0.5) is 0 Å². The van der Waals surface area contributed by atoms with Crippen molar-refractivity contribution in [2.24, 2.45) is 10.9 Å². The molecule has 0 spiro atoms. The first-order valence-corrected chi connectivity index (χ1v) is 8.27. The molecule has 0 aromatic heterocycles. The molecule has 0 heterocycles. The molecule has 0 unspecified atom stereocenters. The first kappa shape index (κ1) is 22.8. The van der Waals surface area contributed by atoms with E-state index in [1.807, 2.05) is 0 Å². The second-order valence-electron chi connectivity index (χ2n) is 6.97. The highest BCUT2D eigenvalue weighted by molar-refractivity contribution is 5.88. The Morgan fingerprint density at radius 3 is 2.28 bits per heavy atom. The van der Waals surface area contributed by atoms with Crippen LogP contribution in [-0.4, -0.2) is 48.9 Å². The Kier molecular flexibility index (Phi) is 9.71. The van der Waals surface area contributed by atoms with Crippen LogP contribution < -0.4 is 5.32 Å². The number of hydrogen-bond acceptors (Lipinski definition) is 6. The quantitative estimate of drug-likeness (QED) is 0.368. The molecule has 0 rings (SSSR count). The number of ether oxygens (including phenoxy) is 2. The first-order chi connectivity index (χ1) is 11.5. The zero-order chi connectivity index (χ0) is 19.6. The lowest BCUT2D eigenvalue weighted by atomic mass is 10.0. The van der Waals surface area contributed by atoms with Crippen molar-refractivity contribution in [1.29, 1.82) is 0 Å². The zero-order valence-corrected chi connectivity index (χ0v) is 15.8. The van der Waals surface area contributed by atoms with Crippen LogP contribution in [0.3, 0.4) is 0 Å². The van der Waals surface area contributed by atoms with Gasteiger partial charge in [0.25, 0.3) is 0 Å². The van der Waals surface area contributed by atoms with Crippen molar-refractivity contribution in [2.75, 3.05) is 6.61 Å². The molecule has 0 radical (unpaired) electrons. The van der Waals surface area contributed by atoms with Gasteiger partial charge in [0, 0.05) is 6.42 Å². The summed E-state index contributed by atoms with van der Waals surface area (Å²) in [5.41, 5.74) is -0.589. The highest BCUT2D eigenvalue weighted by Gasteiger charge is 2.29. The Labute approximate surface area is 149 Å². The monoisotopic (exact) mass is 354 g/mol. The molecule has 2 atom stereocenters. The van der Waals surface area contributed by atoms with Crippen LogP contribution in [0, 0.1) is 5.92 Å². The van der Waals surface area contributed by atoms with Gasteiger partial charge in [-0.15, -0.1) is 0 Å². The minimum atomic E-state index is -0.846. The van der Waals surface area contributed by atoms with Gasteiger partial charge in [0.15, 0.2) is 0 Å². The fourth-order valence-electron chi connectivity index (χ4n) is 1.93. The summed E-state index contributed by atoms with van der Waals surface area (Å²) >= 11 is 0. The lowest BCUT2D eigenvalue weighted by Gasteiger charge is -2.23. The van der Waals surface area contributed by atoms with Crippen molar-refractivity contribution in [1.82, 2.24) is 5.32 Å². The normalized spacial score (nSPS) is 13.5. The largest absolute Gasteiger partial charge is 0.460 e. The van der Waals surface area contributed by atoms with Gasteiger partial charge in [0.2, 0.25) is 5.91 Å². The molecule has 25 heavy (non-hydrogen) atoms. The maximum Gasteiger partial charge on any atom is 0.329 e. The fraction of sp³-hybridized carbons (Fsp3) is 0.667. The van der Waals surface area contributed by atoms with Gasteiger partial charge in [-0.3, -0.25) is 14.6 Å². The van der Waals surface area contributed by atoms with E-state index in [1.165, 1.54) is 6.08 Å². The number of esters is 2. The van der Waals surface area contributed by atoms with E-state index < -0.39 is 35.5 Å². The van der Waals surface area contributed by atoms with E-state index in [2.05, 4.69) is 23.6 Å². The highest BCUT2D eigenvalue weighted by atomic mass is 16.6. The summed E-state index contributed by atoms with van der Waals surface area (Å²) in [6.45, 7) is 15.8. The summed E-state index contributed by atoms with van der Waals surface area (Å²) in [5, 5.41) is 2.61. The minimum Gasteiger partial charge on any atom is -0.460 e. The maximum atomic E-state index is 12.3. The smallest absolute Gasteiger partial charge is 0.329 e. The predicted octanol–water partition coefficient (Wildman–Crippen LogP) is 2.05. The number of hydrogen-bond donors (Lipinski definition) is 1. The highest BCUT2D eigenvalue weighted by Crippen LogP contribution is 2.12. The number of nitrogens with one attached hydrogen (secondary N) is 1. The molecule has 7 nitrogen and oxygen atoms in total. The molecule has 1 N–H and O–H groups in total. The van der Waals surface area contributed by atoms with Crippen LogP contribution in [-0.2, 0) is 23.9 Å². The van der Waals surface area contributed by atoms with Crippen molar-refractivity contribution in [3.05, 3.63) is 12.7 Å². The summed E-state index contributed by atoms with van der Waals surface area (Å²) < 4.78 is 10.2. The van der Waals surface area contributed by atoms with Crippen LogP contribution in [0.15, 0.2) is 17.6 Å². The van der Waals surface area contributed by atoms with Crippen molar-refractivity contribution in [3.8, 4) is 0 Å². The average Bonchev–Trinajstić information content (AvgIpc) is 2.48. The topological polar surface area (TPSA) is 94.1 Å². The van der Waals surface area contributed by atoms with E-state index in [4.69, 9.17) is 9.47 Å². The summed E-state index contributed by atoms with van der Waals surface area (Å²) in [6.07, 6.45) is 1.63. The molecule has 0 aliphatic rings. The van der Waals surface area contributed by atoms with Gasteiger partial charge in [-0.1, -0.05) is 26.5 Å². The first-order valence-electron chi connectivity index (χ1n) is 8.27. The Balaban J connectivity index is 4.73. The van der Waals surface area contributed by atoms with Crippen molar-refractivity contribution >= 4 is 24.6 Å². The van der Waals surface area contributed by atoms with Gasteiger partial charge >= 0.3 is 11.9 Å². The predicted molar refractivity (Wildman–Crippen MR) is 96.3 cm³/mol. The van der Waals surface area contributed by atoms with Crippen LogP contribution in [0.1, 0.15) is 47.5 Å². The van der Waals surface area contributed by atoms with Gasteiger partial charge < -0.3 is 14.8 Å². The molecule has 0 aromatic rings. The van der Waals surface area contributed by atoms with E-state index in [-0.39, 0.29) is 25.4 Å². The van der Waals surface area contributed by atoms with Crippen LogP contribution in [0.25, 0.3) is 0 Å². The summed E-state index contributed by atoms with van der Waals surface area (Å²) in [6, 6.07) is -1.65. The van der Waals surface area contributed by atoms with Crippen LogP contribution in [0.5, 0.6) is 0 Å². The average molecular weight is 354 g/mol. The Morgan fingerprint density at radius 2 is 1.84 bits per heavy atom. The summed E-state index contributed by atoms with van der Waals surface area (Å²) in [4.78, 5) is 39.9. The minimum absolute atomic E-state index is 0.0294. The number of amides is 1. The van der Waals surface area contributed by atoms with Gasteiger partial charge in [0.1, 0.15) is 24.3 Å². The molecule has 0 bridgehead atoms. The number of rotatable bonds is 10. The molecule has 0 aromatic carbocycles. The van der Waals surface area contributed by atoms with Gasteiger partial charge in [-0.25, -0.2) is 4.79 Å². The summed E-state index contributed by atoms with van der Waals surface area (Å²) in [7, 11) is 0. The second kappa shape index (κ2) is 10.6. The number of nitrogens with zero attached hydrogens (tertiary/aromatic N) is 1. The molecule has 7 heteroatoms. The standard InChI is InChI=1S/C18H30N2O5/c1-8-11-24-17(23)15(12(2)3)20-16(22)13(19-7)9-10-14(21)25-18(4,5)6/h8,12-13,15H,1,7,9-11H2,2-6H3,(H,20,22)/t13-,15-/m0/s1. The molecule has 1 amide bonds. The SMILES string of the molecule is C=CCOC(=O)[C@@H](NC(=O)[C@H](CCC(=O)OC(C)(C)C)N=C)C(C)C. The van der Waals surface area contributed by atoms with Crippen molar-refractivity contribution < 1.29 is 23.9 Å². The molecular weight excluding hydrogens is 324 g/mol. The van der Waals surface area contributed by atoms with Crippen LogP contribution >= 0.6 is 0 Å². The van der Waals surface area contributed by atoms with Gasteiger partial charge in [-0.2, -0.15) is 0 Å². The molecule has 142 valence electrons. The zero-order valence-electron chi connectivity index (χ0n) is 15.8. The van der Waals surface area contributed by atoms with E-state index in [0.29, 0.717) is 0 Å². The molecule has 0 aliphatic carbocycles. The van der Waals surface area contributed by atoms with E-state index >= 15 is 0 Å². The van der Waals surface area contributed by atoms with Crippen molar-refractivity contribution in [3.63, 3.8) is 0 Å². The van der Waals surface area contributed by atoms with Crippen LogP contribution in [0.2, 0.25) is 0 Å². The number of aliphatic imine (C=N–C) groups is 1. The van der Waals surface area contributed by atoms with E-state index in [9.17, 15) is 14.4 Å². The third-order valence-corrected chi connectivity index (χ3v) is 3.13. The molecule has 0 saturated carbocycles. The molecule has 0 fully saturated rings. The van der Waals surface area contributed by atoms with Gasteiger partial charge in [0.05, 0.1) is 0 Å². The Morgan fingerprint density at radius 1 is 1.24 bits per heavy atom. The van der Waals surface area contributed by atoms with E-state index in [1.54, 1.807) is 34.6 Å². The molecule has 0 saturated heterocycles. The van der Waals surface area contributed by atoms with Crippen molar-refractivity contribution in [2.45, 2.75) is 65.1 Å². The lowest BCUT2D eigenvalue weighted by Crippen LogP contribution is -2.48. The molecular formula is C18H30N2O5. The summed E-state index contributed by atoms with van der Waals surface area (Å²) in [5.74, 6) is -1.61. The van der Waals surface area contributed by atoms with Gasteiger partial charge in [-0.05, 0) is 39.8 Å². The third kappa shape index (κ3) is 9.64. The Hall–Kier alpha value is -2.18. The van der Waals surface area contributed by atoms with E-state index in [0.717, 1.165) is 0 Å². The second-order valence-corrected chi connectivity index (χ2v) is 6.97. The fourth-order valence-corrected chi connectivity index (χ4v) is 1.93.